The van der Waals surface area contributed by atoms with Crippen molar-refractivity contribution in [2.24, 2.45) is 0 Å². The summed E-state index contributed by atoms with van der Waals surface area (Å²) in [6, 6.07) is 5.21. The normalized spacial score (nSPS) is 21.9. The van der Waals surface area contributed by atoms with Gasteiger partial charge in [0.05, 0.1) is 5.52 Å². The molecule has 2 saturated heterocycles. The van der Waals surface area contributed by atoms with Gasteiger partial charge in [-0.25, -0.2) is 15.0 Å². The van der Waals surface area contributed by atoms with E-state index in [1.54, 1.807) is 12.4 Å². The van der Waals surface area contributed by atoms with Gasteiger partial charge in [-0.1, -0.05) is 18.2 Å². The topological polar surface area (TPSA) is 66.0 Å². The molecule has 6 heteroatoms. The average molecular weight is 348 g/mol. The molecule has 2 fully saturated rings. The van der Waals surface area contributed by atoms with Gasteiger partial charge in [0.1, 0.15) is 17.7 Å². The molecule has 6 nitrogen and oxygen atoms in total. The quantitative estimate of drug-likeness (QED) is 0.810. The van der Waals surface area contributed by atoms with Gasteiger partial charge >= 0.3 is 0 Å². The van der Waals surface area contributed by atoms with Gasteiger partial charge < -0.3 is 15.5 Å². The summed E-state index contributed by atoms with van der Waals surface area (Å²) >= 11 is 0. The van der Waals surface area contributed by atoms with Crippen molar-refractivity contribution in [3.05, 3.63) is 54.5 Å². The molecule has 4 heterocycles. The van der Waals surface area contributed by atoms with Crippen LogP contribution in [0.15, 0.2) is 54.5 Å². The molecule has 2 N–H and O–H groups in total. The lowest BCUT2D eigenvalue weighted by molar-refractivity contribution is 0.577. The van der Waals surface area contributed by atoms with Gasteiger partial charge in [-0.15, -0.1) is 0 Å². The number of pyridine rings is 1. The van der Waals surface area contributed by atoms with Crippen LogP contribution in [-0.4, -0.2) is 40.1 Å². The van der Waals surface area contributed by atoms with Crippen molar-refractivity contribution in [2.75, 3.05) is 23.3 Å². The van der Waals surface area contributed by atoms with E-state index in [0.29, 0.717) is 17.9 Å². The Bertz CT molecular complexity index is 896. The number of piperazine rings is 1. The van der Waals surface area contributed by atoms with Crippen LogP contribution in [-0.2, 0) is 0 Å². The highest BCUT2D eigenvalue weighted by atomic mass is 15.3. The summed E-state index contributed by atoms with van der Waals surface area (Å²) in [4.78, 5) is 16.1. The Morgan fingerprint density at radius 1 is 1.31 bits per heavy atom. The van der Waals surface area contributed by atoms with Gasteiger partial charge in [-0.05, 0) is 44.6 Å². The maximum absolute atomic E-state index is 4.89. The first-order valence-corrected chi connectivity index (χ1v) is 9.00. The third-order valence-corrected chi connectivity index (χ3v) is 4.90. The first-order valence-electron chi connectivity index (χ1n) is 9.00. The van der Waals surface area contributed by atoms with Crippen molar-refractivity contribution >= 4 is 22.7 Å². The summed E-state index contributed by atoms with van der Waals surface area (Å²) in [6.07, 6.45) is 8.57. The predicted octanol–water partition coefficient (Wildman–Crippen LogP) is 3.02. The summed E-state index contributed by atoms with van der Waals surface area (Å²) in [5.74, 6) is 1.70. The fraction of sp³-hybridized carbons (Fsp3) is 0.350. The van der Waals surface area contributed by atoms with Crippen molar-refractivity contribution in [3.8, 4) is 0 Å². The third kappa shape index (κ3) is 3.20. The Morgan fingerprint density at radius 2 is 2.19 bits per heavy atom. The number of rotatable bonds is 5. The zero-order chi connectivity index (χ0) is 18.1. The molecule has 0 spiro atoms. The Kier molecular flexibility index (Phi) is 4.42. The lowest BCUT2D eigenvalue weighted by Crippen LogP contribution is -2.44. The van der Waals surface area contributed by atoms with E-state index in [1.165, 1.54) is 12.0 Å². The Hall–Kier alpha value is -2.73. The van der Waals surface area contributed by atoms with Gasteiger partial charge in [-0.3, -0.25) is 0 Å². The summed E-state index contributed by atoms with van der Waals surface area (Å²) in [5.41, 5.74) is 3.71. The smallest absolute Gasteiger partial charge is 0.160 e. The summed E-state index contributed by atoms with van der Waals surface area (Å²) < 4.78 is 0. The minimum Gasteiger partial charge on any atom is -0.351 e. The van der Waals surface area contributed by atoms with Crippen LogP contribution in [0.4, 0.5) is 11.6 Å². The molecule has 0 aliphatic carbocycles. The SMILES string of the molecule is C=C/C(=C\C=C(C)C)Nc1ncnc2ccc(N3CC4CC3CN4)nc12. The summed E-state index contributed by atoms with van der Waals surface area (Å²) in [6.45, 7) is 10.0. The largest absolute Gasteiger partial charge is 0.351 e. The monoisotopic (exact) mass is 348 g/mol. The molecule has 2 atom stereocenters. The molecule has 2 unspecified atom stereocenters. The molecule has 2 aromatic rings. The van der Waals surface area contributed by atoms with E-state index in [4.69, 9.17) is 4.98 Å². The van der Waals surface area contributed by atoms with Gasteiger partial charge in [0, 0.05) is 30.9 Å². The van der Waals surface area contributed by atoms with Crippen molar-refractivity contribution in [1.82, 2.24) is 20.3 Å². The van der Waals surface area contributed by atoms with Crippen LogP contribution in [0.2, 0.25) is 0 Å². The van der Waals surface area contributed by atoms with Crippen LogP contribution in [0.5, 0.6) is 0 Å². The van der Waals surface area contributed by atoms with Crippen LogP contribution >= 0.6 is 0 Å². The molecule has 2 aliphatic heterocycles. The molecule has 134 valence electrons. The molecule has 0 saturated carbocycles. The van der Waals surface area contributed by atoms with Crippen molar-refractivity contribution in [2.45, 2.75) is 32.4 Å². The number of allylic oxidation sites excluding steroid dienone is 4. The highest BCUT2D eigenvalue weighted by Gasteiger charge is 2.38. The van der Waals surface area contributed by atoms with E-state index >= 15 is 0 Å². The van der Waals surface area contributed by atoms with Gasteiger partial charge in [0.2, 0.25) is 0 Å². The molecule has 0 aromatic carbocycles. The van der Waals surface area contributed by atoms with Crippen molar-refractivity contribution in [3.63, 3.8) is 0 Å². The van der Waals surface area contributed by atoms with Crippen LogP contribution in [0.1, 0.15) is 20.3 Å². The number of hydrogen-bond acceptors (Lipinski definition) is 6. The first-order chi connectivity index (χ1) is 12.6. The van der Waals surface area contributed by atoms with E-state index < -0.39 is 0 Å². The Morgan fingerprint density at radius 3 is 2.88 bits per heavy atom. The second-order valence-electron chi connectivity index (χ2n) is 7.10. The average Bonchev–Trinajstić information content (AvgIpc) is 3.28. The Labute approximate surface area is 153 Å². The number of fused-ring (bicyclic) bond motifs is 3. The van der Waals surface area contributed by atoms with Crippen molar-refractivity contribution < 1.29 is 0 Å². The summed E-state index contributed by atoms with van der Waals surface area (Å²) in [7, 11) is 0. The second-order valence-corrected chi connectivity index (χ2v) is 7.10. The lowest BCUT2D eigenvalue weighted by Gasteiger charge is -2.28. The van der Waals surface area contributed by atoms with E-state index in [9.17, 15) is 0 Å². The number of nitrogens with zero attached hydrogens (tertiary/aromatic N) is 4. The Balaban J connectivity index is 1.68. The number of aromatic nitrogens is 3. The number of anilines is 2. The maximum atomic E-state index is 4.89. The molecule has 2 aliphatic rings. The second kappa shape index (κ2) is 6.88. The maximum Gasteiger partial charge on any atom is 0.160 e. The third-order valence-electron chi connectivity index (χ3n) is 4.90. The summed E-state index contributed by atoms with van der Waals surface area (Å²) in [5, 5.41) is 6.86. The first kappa shape index (κ1) is 16.7. The molecule has 26 heavy (non-hydrogen) atoms. The molecule has 0 amide bonds. The van der Waals surface area contributed by atoms with Crippen LogP contribution in [0.25, 0.3) is 11.0 Å². The number of nitrogens with one attached hydrogen (secondary N) is 2. The minimum atomic E-state index is 0.535. The molecule has 2 aromatic heterocycles. The zero-order valence-electron chi connectivity index (χ0n) is 15.2. The van der Waals surface area contributed by atoms with Gasteiger partial charge in [0.25, 0.3) is 0 Å². The lowest BCUT2D eigenvalue weighted by atomic mass is 10.2. The van der Waals surface area contributed by atoms with Gasteiger partial charge in [-0.2, -0.15) is 0 Å². The highest BCUT2D eigenvalue weighted by Crippen LogP contribution is 2.30. The molecule has 0 radical (unpaired) electrons. The zero-order valence-corrected chi connectivity index (χ0v) is 15.2. The fourth-order valence-corrected chi connectivity index (χ4v) is 3.58. The van der Waals surface area contributed by atoms with Gasteiger partial charge in [0.15, 0.2) is 5.82 Å². The molecule has 4 rings (SSSR count). The standard InChI is InChI=1S/C20H24N6/c1-4-14(6-5-13(2)3)24-20-19-17(22-12-23-20)7-8-18(25-19)26-11-15-9-16(26)10-21-15/h4-8,12,15-16,21H,1,9-11H2,2-3H3,(H,22,23,24)/b14-6+. The molecular formula is C20H24N6. The van der Waals surface area contributed by atoms with Crippen LogP contribution in [0, 0.1) is 0 Å². The molecule has 2 bridgehead atoms. The van der Waals surface area contributed by atoms with Crippen LogP contribution in [0.3, 0.4) is 0 Å². The fourth-order valence-electron chi connectivity index (χ4n) is 3.58. The minimum absolute atomic E-state index is 0.535. The molecular weight excluding hydrogens is 324 g/mol. The highest BCUT2D eigenvalue weighted by molar-refractivity contribution is 5.87. The van der Waals surface area contributed by atoms with E-state index in [2.05, 4.69) is 52.0 Å². The predicted molar refractivity (Wildman–Crippen MR) is 106 cm³/mol. The van der Waals surface area contributed by atoms with E-state index in [1.807, 2.05) is 18.2 Å². The van der Waals surface area contributed by atoms with E-state index in [-0.39, 0.29) is 0 Å². The van der Waals surface area contributed by atoms with E-state index in [0.717, 1.165) is 35.6 Å². The van der Waals surface area contributed by atoms with Crippen LogP contribution < -0.4 is 15.5 Å². The van der Waals surface area contributed by atoms with Crippen molar-refractivity contribution in [1.29, 1.82) is 0 Å². The number of hydrogen-bond donors (Lipinski definition) is 2.